The summed E-state index contributed by atoms with van der Waals surface area (Å²) < 4.78 is 14.1. The van der Waals surface area contributed by atoms with Gasteiger partial charge >= 0.3 is 0 Å². The summed E-state index contributed by atoms with van der Waals surface area (Å²) in [5.41, 5.74) is 5.98. The highest BCUT2D eigenvalue weighted by Crippen LogP contribution is 2.51. The molecule has 4 nitrogen and oxygen atoms in total. The number of hydrogen-bond donors (Lipinski definition) is 2. The van der Waals surface area contributed by atoms with E-state index in [-0.39, 0.29) is 15.8 Å². The van der Waals surface area contributed by atoms with Crippen molar-refractivity contribution in [2.75, 3.05) is 5.75 Å². The Morgan fingerprint density at radius 2 is 1.84 bits per heavy atom. The van der Waals surface area contributed by atoms with E-state index in [1.54, 1.807) is 0 Å². The number of carbonyl (C=O) groups is 1. The van der Waals surface area contributed by atoms with Gasteiger partial charge in [0, 0.05) is 28.4 Å². The Labute approximate surface area is 263 Å². The highest BCUT2D eigenvalue weighted by Gasteiger charge is 2.46. The van der Waals surface area contributed by atoms with Crippen LogP contribution in [0.5, 0.6) is 0 Å². The first-order valence-corrected chi connectivity index (χ1v) is 17.0. The van der Waals surface area contributed by atoms with Crippen molar-refractivity contribution in [1.29, 1.82) is 0 Å². The molecule has 1 aliphatic rings. The normalized spacial score (nSPS) is 17.0. The number of fused-ring (bicyclic) bond motifs is 1. The molecule has 5 rings (SSSR count). The Kier molecular flexibility index (Phi) is 9.70. The Morgan fingerprint density at radius 3 is 2.58 bits per heavy atom. The third-order valence-corrected chi connectivity index (χ3v) is 11.0. The van der Waals surface area contributed by atoms with Gasteiger partial charge in [-0.3, -0.25) is 9.00 Å². The molecule has 43 heavy (non-hydrogen) atoms. The standard InChI is InChI=1S/C37H41NO3S2/c1-4-36(3,40)32-11-6-5-9-28(32)16-19-34(43(41)25-37(20-21-37)24-35(39)42)30-10-7-8-27(23-30)13-17-31-18-15-29-14-12-26(2)22-33(29)38-31/h5-15,17-18,22-23,34,40H,4,16,19-21,24-25H2,1-3H3,(H,39,42)/b17-13+/t34-,36?,43?/m1/s1. The Hall–Kier alpha value is -3.06. The van der Waals surface area contributed by atoms with Gasteiger partial charge in [0.2, 0.25) is 0 Å². The van der Waals surface area contributed by atoms with E-state index in [2.05, 4.69) is 74.2 Å². The highest BCUT2D eigenvalue weighted by atomic mass is 32.2. The first kappa shape index (κ1) is 31.4. The van der Waals surface area contributed by atoms with Crippen LogP contribution in [0.25, 0.3) is 23.1 Å². The lowest BCUT2D eigenvalue weighted by Crippen LogP contribution is -2.23. The van der Waals surface area contributed by atoms with Crippen molar-refractivity contribution in [3.8, 4) is 0 Å². The zero-order valence-electron chi connectivity index (χ0n) is 25.3. The minimum atomic E-state index is -1.19. The molecule has 0 radical (unpaired) electrons. The predicted octanol–water partition coefficient (Wildman–Crippen LogP) is 8.38. The van der Waals surface area contributed by atoms with Crippen molar-refractivity contribution in [2.24, 2.45) is 5.41 Å². The molecule has 4 aromatic rings. The Balaban J connectivity index is 1.42. The van der Waals surface area contributed by atoms with Crippen LogP contribution in [0, 0.1) is 12.3 Å². The summed E-state index contributed by atoms with van der Waals surface area (Å²) in [4.78, 5) is 16.7. The van der Waals surface area contributed by atoms with Gasteiger partial charge < -0.3 is 5.11 Å². The first-order chi connectivity index (χ1) is 20.6. The Bertz CT molecular complexity index is 1670. The number of aromatic nitrogens is 1. The number of carbonyl (C=O) groups excluding carboxylic acids is 1. The van der Waals surface area contributed by atoms with Crippen LogP contribution in [-0.2, 0) is 27.6 Å². The van der Waals surface area contributed by atoms with Gasteiger partial charge in [-0.05, 0) is 97.4 Å². The number of hydrogen-bond acceptors (Lipinski definition) is 4. The molecule has 0 saturated heterocycles. The molecule has 1 aromatic heterocycles. The molecule has 1 N–H and O–H groups in total. The molecule has 1 aliphatic carbocycles. The fraction of sp³-hybridized carbons (Fsp3) is 0.351. The maximum absolute atomic E-state index is 14.1. The number of nitrogens with zero attached hydrogens (tertiary/aromatic N) is 1. The summed E-state index contributed by atoms with van der Waals surface area (Å²) in [7, 11) is -1.19. The molecule has 0 spiro atoms. The molecule has 0 amide bonds. The fourth-order valence-electron chi connectivity index (χ4n) is 5.84. The second kappa shape index (κ2) is 13.3. The molecule has 3 aromatic carbocycles. The van der Waals surface area contributed by atoms with Crippen molar-refractivity contribution in [2.45, 2.75) is 70.1 Å². The lowest BCUT2D eigenvalue weighted by atomic mass is 9.87. The molecular weight excluding hydrogens is 571 g/mol. The van der Waals surface area contributed by atoms with Crippen LogP contribution in [-0.4, -0.2) is 25.2 Å². The fourth-order valence-corrected chi connectivity index (χ4v) is 8.20. The molecule has 1 saturated carbocycles. The molecular formula is C37H41NO3S2. The van der Waals surface area contributed by atoms with Crippen molar-refractivity contribution in [3.63, 3.8) is 0 Å². The zero-order chi connectivity index (χ0) is 30.6. The van der Waals surface area contributed by atoms with E-state index in [1.807, 2.05) is 50.3 Å². The molecule has 1 fully saturated rings. The summed E-state index contributed by atoms with van der Waals surface area (Å²) >= 11 is 4.03. The second-order valence-corrected chi connectivity index (χ2v) is 14.5. The van der Waals surface area contributed by atoms with Gasteiger partial charge in [0.15, 0.2) is 5.12 Å². The largest absolute Gasteiger partial charge is 0.385 e. The van der Waals surface area contributed by atoms with Gasteiger partial charge in [-0.25, -0.2) is 4.98 Å². The number of pyridine rings is 1. The van der Waals surface area contributed by atoms with E-state index in [1.165, 1.54) is 5.56 Å². The van der Waals surface area contributed by atoms with Crippen LogP contribution < -0.4 is 0 Å². The predicted molar refractivity (Wildman–Crippen MR) is 183 cm³/mol. The third-order valence-electron chi connectivity index (χ3n) is 8.81. The summed E-state index contributed by atoms with van der Waals surface area (Å²) in [5, 5.41) is 11.8. The van der Waals surface area contributed by atoms with E-state index in [4.69, 9.17) is 4.98 Å². The maximum atomic E-state index is 14.1. The van der Waals surface area contributed by atoms with Gasteiger partial charge in [-0.2, -0.15) is 0 Å². The number of aliphatic hydroxyl groups is 1. The van der Waals surface area contributed by atoms with Crippen LogP contribution in [0.1, 0.15) is 84.7 Å². The lowest BCUT2D eigenvalue weighted by Gasteiger charge is -2.26. The quantitative estimate of drug-likeness (QED) is 0.149. The van der Waals surface area contributed by atoms with Crippen LogP contribution in [0.3, 0.4) is 0 Å². The molecule has 2 unspecified atom stereocenters. The van der Waals surface area contributed by atoms with E-state index in [9.17, 15) is 14.1 Å². The lowest BCUT2D eigenvalue weighted by molar-refractivity contribution is -0.111. The molecule has 1 heterocycles. The SMILES string of the molecule is CCC(C)(O)c1ccccc1CC[C@H](c1cccc(/C=C/c2ccc3ccc(C)cc3n2)c1)S(=O)CC1(CC(=O)S)CC1. The summed E-state index contributed by atoms with van der Waals surface area (Å²) in [6.07, 6.45) is 8.27. The van der Waals surface area contributed by atoms with E-state index < -0.39 is 16.4 Å². The molecule has 0 bridgehead atoms. The topological polar surface area (TPSA) is 67.3 Å². The molecule has 0 aliphatic heterocycles. The summed E-state index contributed by atoms with van der Waals surface area (Å²) in [5.74, 6) is 0.499. The average molecular weight is 612 g/mol. The van der Waals surface area contributed by atoms with Crippen LogP contribution in [0.15, 0.2) is 78.9 Å². The van der Waals surface area contributed by atoms with E-state index >= 15 is 0 Å². The van der Waals surface area contributed by atoms with Gasteiger partial charge in [-0.1, -0.05) is 79.7 Å². The van der Waals surface area contributed by atoms with Crippen molar-refractivity contribution >= 4 is 51.6 Å². The molecule has 6 heteroatoms. The van der Waals surface area contributed by atoms with Crippen LogP contribution >= 0.6 is 12.6 Å². The maximum Gasteiger partial charge on any atom is 0.186 e. The van der Waals surface area contributed by atoms with Gasteiger partial charge in [0.05, 0.1) is 22.1 Å². The number of aryl methyl sites for hydroxylation is 2. The number of benzene rings is 3. The highest BCUT2D eigenvalue weighted by molar-refractivity contribution is 7.96. The van der Waals surface area contributed by atoms with E-state index in [0.717, 1.165) is 51.7 Å². The van der Waals surface area contributed by atoms with Crippen molar-refractivity contribution < 1.29 is 14.1 Å². The minimum absolute atomic E-state index is 0.133. The second-order valence-electron chi connectivity index (χ2n) is 12.3. The Morgan fingerprint density at radius 1 is 1.07 bits per heavy atom. The number of rotatable bonds is 13. The summed E-state index contributed by atoms with van der Waals surface area (Å²) in [6, 6.07) is 26.7. The van der Waals surface area contributed by atoms with Crippen LogP contribution in [0.2, 0.25) is 0 Å². The van der Waals surface area contributed by atoms with Crippen molar-refractivity contribution in [1.82, 2.24) is 4.98 Å². The molecule has 3 atom stereocenters. The first-order valence-electron chi connectivity index (χ1n) is 15.1. The van der Waals surface area contributed by atoms with Gasteiger partial charge in [0.1, 0.15) is 0 Å². The van der Waals surface area contributed by atoms with E-state index in [0.29, 0.717) is 31.4 Å². The smallest absolute Gasteiger partial charge is 0.186 e. The van der Waals surface area contributed by atoms with Gasteiger partial charge in [-0.15, -0.1) is 12.6 Å². The van der Waals surface area contributed by atoms with Crippen LogP contribution in [0.4, 0.5) is 0 Å². The van der Waals surface area contributed by atoms with Gasteiger partial charge in [0.25, 0.3) is 0 Å². The summed E-state index contributed by atoms with van der Waals surface area (Å²) in [6.45, 7) is 5.91. The molecule has 224 valence electrons. The monoisotopic (exact) mass is 611 g/mol. The average Bonchev–Trinajstić information content (AvgIpc) is 3.73. The minimum Gasteiger partial charge on any atom is -0.385 e. The van der Waals surface area contributed by atoms with Crippen molar-refractivity contribution in [3.05, 3.63) is 112 Å². The third kappa shape index (κ3) is 7.91. The zero-order valence-corrected chi connectivity index (χ0v) is 27.0. The number of thiol groups is 1.